The molecule has 2 aromatic rings. The Bertz CT molecular complexity index is 1110. The first-order chi connectivity index (χ1) is 15.0. The second-order valence-electron chi connectivity index (χ2n) is 9.91. The molecular formula is C26H30O4S. The molecule has 3 aliphatic rings. The number of fused-ring (bicyclic) bond motifs is 1. The summed E-state index contributed by atoms with van der Waals surface area (Å²) in [5.41, 5.74) is 2.82. The molecule has 5 heteroatoms. The van der Waals surface area contributed by atoms with Gasteiger partial charge < -0.3 is 0 Å². The van der Waals surface area contributed by atoms with Crippen LogP contribution in [0.3, 0.4) is 0 Å². The number of hydrogen-bond donors (Lipinski definition) is 0. The first-order valence-corrected chi connectivity index (χ1v) is 12.8. The number of Topliss-reactive ketones (excluding diaryl/α,β-unsaturated/α-hetero) is 2. The van der Waals surface area contributed by atoms with Crippen molar-refractivity contribution in [2.75, 3.05) is 0 Å². The minimum atomic E-state index is -0.304. The summed E-state index contributed by atoms with van der Waals surface area (Å²) in [6.07, 6.45) is 10.4. The van der Waals surface area contributed by atoms with Crippen LogP contribution in [0.15, 0.2) is 9.59 Å². The smallest absolute Gasteiger partial charge is 0.229 e. The van der Waals surface area contributed by atoms with Crippen molar-refractivity contribution in [2.24, 2.45) is 17.8 Å². The molecule has 0 spiro atoms. The van der Waals surface area contributed by atoms with Gasteiger partial charge in [-0.3, -0.25) is 19.2 Å². The van der Waals surface area contributed by atoms with E-state index in [4.69, 9.17) is 0 Å². The monoisotopic (exact) mass is 438 g/mol. The molecule has 1 heterocycles. The van der Waals surface area contributed by atoms with Crippen LogP contribution in [0.5, 0.6) is 0 Å². The van der Waals surface area contributed by atoms with E-state index in [1.54, 1.807) is 11.3 Å². The van der Waals surface area contributed by atoms with Crippen molar-refractivity contribution >= 4 is 22.9 Å². The Kier molecular flexibility index (Phi) is 5.58. The largest absolute Gasteiger partial charge is 0.299 e. The van der Waals surface area contributed by atoms with Gasteiger partial charge in [0.05, 0.1) is 0 Å². The molecule has 1 unspecified atom stereocenters. The van der Waals surface area contributed by atoms with Crippen molar-refractivity contribution < 1.29 is 9.59 Å². The number of hydrogen-bond acceptors (Lipinski definition) is 5. The SMILES string of the molecule is CCc1c(CC2CCc3sc(CC(=O)C4CC4)c(C(=O)CCC4CC4)c3C2)c(=O)c1=O. The van der Waals surface area contributed by atoms with Gasteiger partial charge in [0, 0.05) is 45.2 Å². The second kappa shape index (κ2) is 8.23. The summed E-state index contributed by atoms with van der Waals surface area (Å²) in [5.74, 6) is 1.72. The van der Waals surface area contributed by atoms with Gasteiger partial charge in [0.1, 0.15) is 5.78 Å². The quantitative estimate of drug-likeness (QED) is 0.413. The molecule has 1 aromatic carbocycles. The Balaban J connectivity index is 1.39. The van der Waals surface area contributed by atoms with E-state index in [-0.39, 0.29) is 28.5 Å². The van der Waals surface area contributed by atoms with Gasteiger partial charge in [0.2, 0.25) is 10.9 Å². The predicted octanol–water partition coefficient (Wildman–Crippen LogP) is 4.15. The maximum absolute atomic E-state index is 13.3. The van der Waals surface area contributed by atoms with Crippen LogP contribution in [-0.2, 0) is 36.9 Å². The molecule has 0 radical (unpaired) electrons. The summed E-state index contributed by atoms with van der Waals surface area (Å²) in [5, 5.41) is 0. The average molecular weight is 439 g/mol. The highest BCUT2D eigenvalue weighted by Gasteiger charge is 2.35. The molecule has 0 bridgehead atoms. The zero-order chi connectivity index (χ0) is 21.7. The van der Waals surface area contributed by atoms with Crippen LogP contribution in [0.2, 0.25) is 0 Å². The van der Waals surface area contributed by atoms with Gasteiger partial charge in [-0.25, -0.2) is 0 Å². The lowest BCUT2D eigenvalue weighted by Gasteiger charge is -2.24. The number of carbonyl (C=O) groups is 2. The first-order valence-electron chi connectivity index (χ1n) is 12.0. The minimum Gasteiger partial charge on any atom is -0.299 e. The van der Waals surface area contributed by atoms with Gasteiger partial charge in [-0.2, -0.15) is 0 Å². The van der Waals surface area contributed by atoms with Gasteiger partial charge in [0.15, 0.2) is 5.78 Å². The second-order valence-corrected chi connectivity index (χ2v) is 11.1. The van der Waals surface area contributed by atoms with Crippen LogP contribution < -0.4 is 10.9 Å². The Labute approximate surface area is 186 Å². The van der Waals surface area contributed by atoms with Crippen LogP contribution in [-0.4, -0.2) is 11.6 Å². The molecular weight excluding hydrogens is 408 g/mol. The Hall–Kier alpha value is -1.88. The maximum atomic E-state index is 13.3. The molecule has 1 aromatic heterocycles. The third-order valence-corrected chi connectivity index (χ3v) is 8.82. The number of aryl methyl sites for hydroxylation is 1. The minimum absolute atomic E-state index is 0.211. The molecule has 0 N–H and O–H groups in total. The van der Waals surface area contributed by atoms with Crippen LogP contribution in [0.1, 0.15) is 88.7 Å². The topological polar surface area (TPSA) is 68.3 Å². The van der Waals surface area contributed by atoms with Gasteiger partial charge in [-0.15, -0.1) is 11.3 Å². The van der Waals surface area contributed by atoms with Crippen LogP contribution in [0, 0.1) is 17.8 Å². The number of thiophene rings is 1. The first kappa shape index (κ1) is 21.0. The highest BCUT2D eigenvalue weighted by atomic mass is 32.1. The van der Waals surface area contributed by atoms with Crippen LogP contribution in [0.25, 0.3) is 0 Å². The number of rotatable bonds is 10. The van der Waals surface area contributed by atoms with Crippen molar-refractivity contribution in [3.8, 4) is 0 Å². The highest BCUT2D eigenvalue weighted by Crippen LogP contribution is 2.41. The number of ketones is 2. The third-order valence-electron chi connectivity index (χ3n) is 7.52. The van der Waals surface area contributed by atoms with E-state index < -0.39 is 0 Å². The van der Waals surface area contributed by atoms with E-state index in [9.17, 15) is 19.2 Å². The van der Waals surface area contributed by atoms with E-state index in [1.165, 1.54) is 17.7 Å². The predicted molar refractivity (Wildman–Crippen MR) is 122 cm³/mol. The van der Waals surface area contributed by atoms with Crippen molar-refractivity contribution in [3.05, 3.63) is 52.5 Å². The fourth-order valence-electron chi connectivity index (χ4n) is 5.27. The van der Waals surface area contributed by atoms with E-state index >= 15 is 0 Å². The molecule has 3 aliphatic carbocycles. The molecule has 4 nitrogen and oxygen atoms in total. The average Bonchev–Trinajstić information content (AvgIpc) is 3.68. The summed E-state index contributed by atoms with van der Waals surface area (Å²) < 4.78 is 0. The molecule has 2 saturated carbocycles. The van der Waals surface area contributed by atoms with Gasteiger partial charge in [-0.1, -0.05) is 19.8 Å². The Morgan fingerprint density at radius 3 is 2.39 bits per heavy atom. The fourth-order valence-corrected chi connectivity index (χ4v) is 6.65. The van der Waals surface area contributed by atoms with E-state index in [2.05, 4.69) is 0 Å². The molecule has 31 heavy (non-hydrogen) atoms. The van der Waals surface area contributed by atoms with Gasteiger partial charge in [0.25, 0.3) is 0 Å². The summed E-state index contributed by atoms with van der Waals surface area (Å²) in [6.45, 7) is 1.93. The zero-order valence-corrected chi connectivity index (χ0v) is 19.1. The van der Waals surface area contributed by atoms with Gasteiger partial charge >= 0.3 is 0 Å². The normalized spacial score (nSPS) is 20.7. The lowest BCUT2D eigenvalue weighted by molar-refractivity contribution is -0.119. The molecule has 0 aliphatic heterocycles. The fraction of sp³-hybridized carbons (Fsp3) is 0.615. The molecule has 5 rings (SSSR count). The molecule has 0 saturated heterocycles. The molecule has 1 atom stereocenters. The van der Waals surface area contributed by atoms with Gasteiger partial charge in [-0.05, 0) is 68.8 Å². The summed E-state index contributed by atoms with van der Waals surface area (Å²) >= 11 is 1.69. The van der Waals surface area contributed by atoms with E-state index in [0.717, 1.165) is 60.1 Å². The molecule has 2 fully saturated rings. The zero-order valence-electron chi connectivity index (χ0n) is 18.3. The lowest BCUT2D eigenvalue weighted by atomic mass is 9.79. The van der Waals surface area contributed by atoms with E-state index in [0.29, 0.717) is 42.9 Å². The number of carbonyl (C=O) groups excluding carboxylic acids is 2. The van der Waals surface area contributed by atoms with Crippen LogP contribution >= 0.6 is 11.3 Å². The Morgan fingerprint density at radius 2 is 1.71 bits per heavy atom. The maximum Gasteiger partial charge on any atom is 0.229 e. The van der Waals surface area contributed by atoms with Crippen molar-refractivity contribution in [2.45, 2.75) is 84.0 Å². The van der Waals surface area contributed by atoms with E-state index in [1.807, 2.05) is 6.92 Å². The lowest BCUT2D eigenvalue weighted by Crippen LogP contribution is -2.40. The molecule has 164 valence electrons. The summed E-state index contributed by atoms with van der Waals surface area (Å²) in [4.78, 5) is 52.0. The summed E-state index contributed by atoms with van der Waals surface area (Å²) in [6, 6.07) is 0. The highest BCUT2D eigenvalue weighted by molar-refractivity contribution is 7.12. The standard InChI is InChI=1S/C26H30O4S/c1-2-17-18(26(30)25(17)29)11-15-6-10-22-19(12-15)24(20(27)9-5-14-3-4-14)23(31-22)13-21(28)16-7-8-16/h14-16H,2-13H2,1H3. The van der Waals surface area contributed by atoms with Crippen molar-refractivity contribution in [1.29, 1.82) is 0 Å². The molecule has 0 amide bonds. The third kappa shape index (κ3) is 4.13. The Morgan fingerprint density at radius 1 is 0.968 bits per heavy atom. The van der Waals surface area contributed by atoms with Crippen molar-refractivity contribution in [3.63, 3.8) is 0 Å². The van der Waals surface area contributed by atoms with Crippen molar-refractivity contribution in [1.82, 2.24) is 0 Å². The summed E-state index contributed by atoms with van der Waals surface area (Å²) in [7, 11) is 0. The van der Waals surface area contributed by atoms with Crippen LogP contribution in [0.4, 0.5) is 0 Å².